The molecule has 0 spiro atoms. The van der Waals surface area contributed by atoms with Gasteiger partial charge in [-0.3, -0.25) is 4.79 Å². The summed E-state index contributed by atoms with van der Waals surface area (Å²) in [5.74, 6) is -0.343. The lowest BCUT2D eigenvalue weighted by molar-refractivity contribution is 0.0989. The Balaban J connectivity index is 2.07. The first kappa shape index (κ1) is 15.4. The maximum Gasteiger partial charge on any atom is 0.265 e. The Morgan fingerprint density at radius 1 is 1.14 bits per heavy atom. The lowest BCUT2D eigenvalue weighted by Crippen LogP contribution is -2.20. The molecule has 0 radical (unpaired) electrons. The Morgan fingerprint density at radius 2 is 1.86 bits per heavy atom. The SMILES string of the molecule is CCC(C)n1c(CCCc2ccccc2)ccc1C(N)=O. The van der Waals surface area contributed by atoms with Gasteiger partial charge in [0.05, 0.1) is 0 Å². The van der Waals surface area contributed by atoms with Crippen LogP contribution in [0.2, 0.25) is 0 Å². The number of aromatic nitrogens is 1. The number of nitrogens with zero attached hydrogens (tertiary/aromatic N) is 1. The molecule has 1 aromatic heterocycles. The first-order chi connectivity index (χ1) is 10.1. The van der Waals surface area contributed by atoms with Gasteiger partial charge in [-0.15, -0.1) is 0 Å². The summed E-state index contributed by atoms with van der Waals surface area (Å²) in [4.78, 5) is 11.6. The standard InChI is InChI=1S/C18H24N2O/c1-3-14(2)20-16(12-13-17(20)18(19)21)11-7-10-15-8-5-4-6-9-15/h4-6,8-9,12-14H,3,7,10-11H2,1-2H3,(H2,19,21). The largest absolute Gasteiger partial charge is 0.364 e. The highest BCUT2D eigenvalue weighted by Gasteiger charge is 2.16. The molecule has 1 unspecified atom stereocenters. The van der Waals surface area contributed by atoms with Gasteiger partial charge in [0.2, 0.25) is 0 Å². The summed E-state index contributed by atoms with van der Waals surface area (Å²) in [5.41, 5.74) is 8.66. The summed E-state index contributed by atoms with van der Waals surface area (Å²) in [6.45, 7) is 4.26. The van der Waals surface area contributed by atoms with E-state index in [-0.39, 0.29) is 5.91 Å². The average Bonchev–Trinajstić information content (AvgIpc) is 2.92. The van der Waals surface area contributed by atoms with Crippen molar-refractivity contribution >= 4 is 5.91 Å². The summed E-state index contributed by atoms with van der Waals surface area (Å²) in [6, 6.07) is 14.7. The number of rotatable bonds is 7. The first-order valence-corrected chi connectivity index (χ1v) is 7.67. The van der Waals surface area contributed by atoms with Crippen LogP contribution in [0.4, 0.5) is 0 Å². The normalized spacial score (nSPS) is 12.3. The molecule has 1 atom stereocenters. The molecule has 112 valence electrons. The van der Waals surface area contributed by atoms with Crippen LogP contribution in [0, 0.1) is 0 Å². The van der Waals surface area contributed by atoms with E-state index in [0.29, 0.717) is 11.7 Å². The van der Waals surface area contributed by atoms with Crippen LogP contribution in [0.3, 0.4) is 0 Å². The lowest BCUT2D eigenvalue weighted by atomic mass is 10.1. The van der Waals surface area contributed by atoms with Gasteiger partial charge in [-0.25, -0.2) is 0 Å². The van der Waals surface area contributed by atoms with Crippen LogP contribution >= 0.6 is 0 Å². The minimum absolute atomic E-state index is 0.300. The average molecular weight is 284 g/mol. The third-order valence-electron chi connectivity index (χ3n) is 4.03. The third kappa shape index (κ3) is 3.75. The number of benzene rings is 1. The van der Waals surface area contributed by atoms with Crippen molar-refractivity contribution < 1.29 is 4.79 Å². The fourth-order valence-corrected chi connectivity index (χ4v) is 2.72. The van der Waals surface area contributed by atoms with E-state index in [4.69, 9.17) is 5.73 Å². The molecule has 1 aromatic carbocycles. The number of nitrogens with two attached hydrogens (primary N) is 1. The van der Waals surface area contributed by atoms with Crippen LogP contribution in [-0.4, -0.2) is 10.5 Å². The molecule has 0 aliphatic rings. The van der Waals surface area contributed by atoms with Crippen molar-refractivity contribution in [1.29, 1.82) is 0 Å². The van der Waals surface area contributed by atoms with Crippen LogP contribution in [0.25, 0.3) is 0 Å². The fourth-order valence-electron chi connectivity index (χ4n) is 2.72. The minimum atomic E-state index is -0.343. The van der Waals surface area contributed by atoms with Crippen molar-refractivity contribution in [2.24, 2.45) is 5.73 Å². The van der Waals surface area contributed by atoms with Crippen molar-refractivity contribution in [2.45, 2.75) is 45.6 Å². The first-order valence-electron chi connectivity index (χ1n) is 7.67. The number of aryl methyl sites for hydroxylation is 2. The summed E-state index contributed by atoms with van der Waals surface area (Å²) in [5, 5.41) is 0. The molecule has 1 heterocycles. The Hall–Kier alpha value is -2.03. The molecule has 0 aliphatic heterocycles. The highest BCUT2D eigenvalue weighted by atomic mass is 16.1. The van der Waals surface area contributed by atoms with E-state index in [1.54, 1.807) is 0 Å². The number of primary amides is 1. The minimum Gasteiger partial charge on any atom is -0.364 e. The zero-order valence-electron chi connectivity index (χ0n) is 12.9. The number of carbonyl (C=O) groups excluding carboxylic acids is 1. The maximum atomic E-state index is 11.6. The van der Waals surface area contributed by atoms with E-state index < -0.39 is 0 Å². The van der Waals surface area contributed by atoms with E-state index in [2.05, 4.69) is 42.7 Å². The van der Waals surface area contributed by atoms with Gasteiger partial charge in [0.25, 0.3) is 5.91 Å². The van der Waals surface area contributed by atoms with Gasteiger partial charge in [0.15, 0.2) is 0 Å². The van der Waals surface area contributed by atoms with Gasteiger partial charge >= 0.3 is 0 Å². The predicted octanol–water partition coefficient (Wildman–Crippen LogP) is 3.73. The van der Waals surface area contributed by atoms with Crippen LogP contribution in [0.5, 0.6) is 0 Å². The van der Waals surface area contributed by atoms with Crippen molar-refractivity contribution in [1.82, 2.24) is 4.57 Å². The highest BCUT2D eigenvalue weighted by molar-refractivity contribution is 5.91. The molecule has 0 saturated heterocycles. The molecule has 0 saturated carbocycles. The topological polar surface area (TPSA) is 48.0 Å². The van der Waals surface area contributed by atoms with E-state index in [1.807, 2.05) is 18.2 Å². The van der Waals surface area contributed by atoms with Crippen molar-refractivity contribution in [3.05, 3.63) is 59.4 Å². The monoisotopic (exact) mass is 284 g/mol. The Morgan fingerprint density at radius 3 is 2.48 bits per heavy atom. The van der Waals surface area contributed by atoms with E-state index in [0.717, 1.165) is 25.7 Å². The summed E-state index contributed by atoms with van der Waals surface area (Å²) in [6.07, 6.45) is 4.08. The molecule has 3 heteroatoms. The van der Waals surface area contributed by atoms with Crippen molar-refractivity contribution in [3.63, 3.8) is 0 Å². The van der Waals surface area contributed by atoms with E-state index in [1.165, 1.54) is 11.3 Å². The molecule has 0 bridgehead atoms. The summed E-state index contributed by atoms with van der Waals surface area (Å²) >= 11 is 0. The quantitative estimate of drug-likeness (QED) is 0.827. The molecule has 0 fully saturated rings. The second-order valence-electron chi connectivity index (χ2n) is 5.54. The second kappa shape index (κ2) is 7.11. The second-order valence-corrected chi connectivity index (χ2v) is 5.54. The Kier molecular flexibility index (Phi) is 5.20. The van der Waals surface area contributed by atoms with Crippen molar-refractivity contribution in [2.75, 3.05) is 0 Å². The number of hydrogen-bond donors (Lipinski definition) is 1. The number of hydrogen-bond acceptors (Lipinski definition) is 1. The molecule has 3 nitrogen and oxygen atoms in total. The summed E-state index contributed by atoms with van der Waals surface area (Å²) < 4.78 is 2.10. The molecule has 1 amide bonds. The lowest BCUT2D eigenvalue weighted by Gasteiger charge is -2.18. The zero-order chi connectivity index (χ0) is 15.2. The predicted molar refractivity (Wildman–Crippen MR) is 86.4 cm³/mol. The van der Waals surface area contributed by atoms with Gasteiger partial charge in [-0.2, -0.15) is 0 Å². The Bertz CT molecular complexity index is 587. The van der Waals surface area contributed by atoms with Gasteiger partial charge in [0, 0.05) is 11.7 Å². The van der Waals surface area contributed by atoms with E-state index in [9.17, 15) is 4.79 Å². The molecular weight excluding hydrogens is 260 g/mol. The summed E-state index contributed by atoms with van der Waals surface area (Å²) in [7, 11) is 0. The van der Waals surface area contributed by atoms with Gasteiger partial charge in [-0.05, 0) is 50.3 Å². The fraction of sp³-hybridized carbons (Fsp3) is 0.389. The Labute approximate surface area is 126 Å². The van der Waals surface area contributed by atoms with Crippen LogP contribution < -0.4 is 5.73 Å². The highest BCUT2D eigenvalue weighted by Crippen LogP contribution is 2.20. The number of carbonyl (C=O) groups is 1. The molecule has 2 rings (SSSR count). The number of amides is 1. The van der Waals surface area contributed by atoms with Gasteiger partial charge in [-0.1, -0.05) is 37.3 Å². The molecule has 2 N–H and O–H groups in total. The maximum absolute atomic E-state index is 11.6. The van der Waals surface area contributed by atoms with Crippen molar-refractivity contribution in [3.8, 4) is 0 Å². The third-order valence-corrected chi connectivity index (χ3v) is 4.03. The van der Waals surface area contributed by atoms with Crippen LogP contribution in [-0.2, 0) is 12.8 Å². The van der Waals surface area contributed by atoms with E-state index >= 15 is 0 Å². The van der Waals surface area contributed by atoms with Gasteiger partial charge < -0.3 is 10.3 Å². The molecular formula is C18H24N2O. The molecule has 21 heavy (non-hydrogen) atoms. The molecule has 0 aliphatic carbocycles. The van der Waals surface area contributed by atoms with Crippen LogP contribution in [0.1, 0.15) is 54.5 Å². The zero-order valence-corrected chi connectivity index (χ0v) is 12.9. The smallest absolute Gasteiger partial charge is 0.265 e. The molecule has 2 aromatic rings. The van der Waals surface area contributed by atoms with Crippen LogP contribution in [0.15, 0.2) is 42.5 Å². The van der Waals surface area contributed by atoms with Gasteiger partial charge in [0.1, 0.15) is 5.69 Å².